The number of pyridine rings is 1. The third-order valence-corrected chi connectivity index (χ3v) is 2.95. The Balaban J connectivity index is 1.95. The lowest BCUT2D eigenvalue weighted by molar-refractivity contribution is 0.111. The van der Waals surface area contributed by atoms with E-state index in [4.69, 9.17) is 0 Å². The summed E-state index contributed by atoms with van der Waals surface area (Å²) in [6.07, 6.45) is 3.98. The number of nitrogens with one attached hydrogen (secondary N) is 2. The Bertz CT molecular complexity index is 767. The second-order valence-corrected chi connectivity index (χ2v) is 4.38. The van der Waals surface area contributed by atoms with Gasteiger partial charge in [-0.15, -0.1) is 0 Å². The van der Waals surface area contributed by atoms with Crippen LogP contribution in [0.4, 0.5) is 15.8 Å². The molecule has 21 heavy (non-hydrogen) atoms. The lowest BCUT2D eigenvalue weighted by Gasteiger charge is -2.10. The fraction of sp³-hybridized carbons (Fsp3) is 0. The standard InChI is InChI=1S/C15H11FN4O/c16-10-1-3-11(4-2-10)18-14-5-6-17-8-13(14)15-7-12(9-21)19-20-15/h1-9H,(H,17,18)(H,19,20). The Morgan fingerprint density at radius 3 is 2.71 bits per heavy atom. The van der Waals surface area contributed by atoms with E-state index in [1.165, 1.54) is 12.1 Å². The van der Waals surface area contributed by atoms with Gasteiger partial charge in [-0.05, 0) is 36.4 Å². The molecule has 3 aromatic rings. The molecule has 0 amide bonds. The van der Waals surface area contributed by atoms with Gasteiger partial charge in [0, 0.05) is 23.6 Å². The molecule has 0 aliphatic rings. The summed E-state index contributed by atoms with van der Waals surface area (Å²) in [5, 5.41) is 9.84. The quantitative estimate of drug-likeness (QED) is 0.721. The highest BCUT2D eigenvalue weighted by molar-refractivity contribution is 5.81. The van der Waals surface area contributed by atoms with Crippen molar-refractivity contribution in [2.75, 3.05) is 5.32 Å². The maximum atomic E-state index is 12.9. The van der Waals surface area contributed by atoms with Gasteiger partial charge in [-0.25, -0.2) is 4.39 Å². The highest BCUT2D eigenvalue weighted by Gasteiger charge is 2.09. The third-order valence-electron chi connectivity index (χ3n) is 2.95. The number of benzene rings is 1. The Morgan fingerprint density at radius 2 is 2.00 bits per heavy atom. The number of rotatable bonds is 4. The first-order valence-electron chi connectivity index (χ1n) is 6.24. The third kappa shape index (κ3) is 2.79. The van der Waals surface area contributed by atoms with Gasteiger partial charge in [-0.3, -0.25) is 14.9 Å². The Kier molecular flexibility index (Phi) is 3.42. The smallest absolute Gasteiger partial charge is 0.170 e. The van der Waals surface area contributed by atoms with E-state index in [0.29, 0.717) is 17.7 Å². The molecule has 1 aromatic carbocycles. The molecule has 0 aliphatic heterocycles. The topological polar surface area (TPSA) is 70.7 Å². The van der Waals surface area contributed by atoms with Gasteiger partial charge in [-0.2, -0.15) is 5.10 Å². The summed E-state index contributed by atoms with van der Waals surface area (Å²) in [5.41, 5.74) is 3.29. The molecule has 0 aliphatic carbocycles. The van der Waals surface area contributed by atoms with Crippen LogP contribution < -0.4 is 5.32 Å². The molecule has 0 fully saturated rings. The molecule has 2 aromatic heterocycles. The fourth-order valence-corrected chi connectivity index (χ4v) is 1.94. The predicted octanol–water partition coefficient (Wildman–Crippen LogP) is 3.17. The van der Waals surface area contributed by atoms with Gasteiger partial charge < -0.3 is 5.32 Å². The van der Waals surface area contributed by atoms with Gasteiger partial charge in [0.2, 0.25) is 0 Å². The van der Waals surface area contributed by atoms with Crippen LogP contribution in [0.5, 0.6) is 0 Å². The van der Waals surface area contributed by atoms with Crippen LogP contribution in [0.2, 0.25) is 0 Å². The molecule has 2 heterocycles. The lowest BCUT2D eigenvalue weighted by atomic mass is 10.1. The minimum absolute atomic E-state index is 0.292. The molecular formula is C15H11FN4O. The Morgan fingerprint density at radius 1 is 1.19 bits per heavy atom. The van der Waals surface area contributed by atoms with Gasteiger partial charge >= 0.3 is 0 Å². The van der Waals surface area contributed by atoms with Gasteiger partial charge in [-0.1, -0.05) is 0 Å². The van der Waals surface area contributed by atoms with Crippen molar-refractivity contribution in [1.29, 1.82) is 0 Å². The summed E-state index contributed by atoms with van der Waals surface area (Å²) in [7, 11) is 0. The van der Waals surface area contributed by atoms with Gasteiger partial charge in [0.25, 0.3) is 0 Å². The summed E-state index contributed by atoms with van der Waals surface area (Å²) >= 11 is 0. The normalized spacial score (nSPS) is 10.3. The largest absolute Gasteiger partial charge is 0.355 e. The number of anilines is 2. The summed E-state index contributed by atoms with van der Waals surface area (Å²) in [4.78, 5) is 14.8. The lowest BCUT2D eigenvalue weighted by Crippen LogP contribution is -1.94. The number of carbonyl (C=O) groups excluding carboxylic acids is 1. The van der Waals surface area contributed by atoms with E-state index < -0.39 is 0 Å². The number of aldehydes is 1. The van der Waals surface area contributed by atoms with Crippen molar-refractivity contribution < 1.29 is 9.18 Å². The second kappa shape index (κ2) is 5.54. The van der Waals surface area contributed by atoms with Gasteiger partial charge in [0.05, 0.1) is 11.4 Å². The summed E-state index contributed by atoms with van der Waals surface area (Å²) < 4.78 is 12.9. The van der Waals surface area contributed by atoms with Crippen LogP contribution in [-0.4, -0.2) is 21.5 Å². The molecule has 0 saturated carbocycles. The average molecular weight is 282 g/mol. The average Bonchev–Trinajstić information content (AvgIpc) is 2.99. The van der Waals surface area contributed by atoms with E-state index in [2.05, 4.69) is 20.5 Å². The molecule has 104 valence electrons. The molecule has 0 radical (unpaired) electrons. The van der Waals surface area contributed by atoms with Crippen LogP contribution in [0.25, 0.3) is 11.3 Å². The van der Waals surface area contributed by atoms with E-state index in [1.807, 2.05) is 0 Å². The zero-order valence-corrected chi connectivity index (χ0v) is 10.9. The SMILES string of the molecule is O=Cc1cc(-c2cnccc2Nc2ccc(F)cc2)[nH]n1. The molecule has 0 atom stereocenters. The highest BCUT2D eigenvalue weighted by Crippen LogP contribution is 2.28. The van der Waals surface area contributed by atoms with Crippen molar-refractivity contribution in [3.63, 3.8) is 0 Å². The first-order chi connectivity index (χ1) is 10.3. The highest BCUT2D eigenvalue weighted by atomic mass is 19.1. The number of hydrogen-bond acceptors (Lipinski definition) is 4. The van der Waals surface area contributed by atoms with Crippen molar-refractivity contribution in [3.8, 4) is 11.3 Å². The zero-order valence-electron chi connectivity index (χ0n) is 10.9. The van der Waals surface area contributed by atoms with Crippen molar-refractivity contribution in [2.24, 2.45) is 0 Å². The number of aromatic nitrogens is 3. The van der Waals surface area contributed by atoms with E-state index in [1.54, 1.807) is 36.7 Å². The van der Waals surface area contributed by atoms with E-state index in [0.717, 1.165) is 16.9 Å². The van der Waals surface area contributed by atoms with Crippen LogP contribution in [0.1, 0.15) is 10.5 Å². The van der Waals surface area contributed by atoms with E-state index in [9.17, 15) is 9.18 Å². The molecule has 0 saturated heterocycles. The minimum Gasteiger partial charge on any atom is -0.355 e. The molecule has 5 nitrogen and oxygen atoms in total. The minimum atomic E-state index is -0.292. The monoisotopic (exact) mass is 282 g/mol. The number of hydrogen-bond donors (Lipinski definition) is 2. The molecule has 2 N–H and O–H groups in total. The van der Waals surface area contributed by atoms with Crippen LogP contribution >= 0.6 is 0 Å². The van der Waals surface area contributed by atoms with Crippen molar-refractivity contribution in [3.05, 3.63) is 60.3 Å². The van der Waals surface area contributed by atoms with Crippen LogP contribution in [0, 0.1) is 5.82 Å². The number of halogens is 1. The first-order valence-corrected chi connectivity index (χ1v) is 6.24. The molecule has 0 bridgehead atoms. The molecule has 3 rings (SSSR count). The van der Waals surface area contributed by atoms with E-state index >= 15 is 0 Å². The number of aromatic amines is 1. The maximum Gasteiger partial charge on any atom is 0.170 e. The Hall–Kier alpha value is -3.02. The van der Waals surface area contributed by atoms with Crippen molar-refractivity contribution in [1.82, 2.24) is 15.2 Å². The summed E-state index contributed by atoms with van der Waals surface area (Å²) in [6, 6.07) is 9.47. The number of H-pyrrole nitrogens is 1. The molecule has 0 spiro atoms. The second-order valence-electron chi connectivity index (χ2n) is 4.38. The first kappa shape index (κ1) is 13.0. The van der Waals surface area contributed by atoms with Crippen molar-refractivity contribution in [2.45, 2.75) is 0 Å². The molecular weight excluding hydrogens is 271 g/mol. The maximum absolute atomic E-state index is 12.9. The number of nitrogens with zero attached hydrogens (tertiary/aromatic N) is 2. The van der Waals surface area contributed by atoms with Crippen molar-refractivity contribution >= 4 is 17.7 Å². The van der Waals surface area contributed by atoms with Crippen LogP contribution in [0.3, 0.4) is 0 Å². The fourth-order valence-electron chi connectivity index (χ4n) is 1.94. The summed E-state index contributed by atoms with van der Waals surface area (Å²) in [5.74, 6) is -0.292. The van der Waals surface area contributed by atoms with Crippen LogP contribution in [0.15, 0.2) is 48.8 Å². The van der Waals surface area contributed by atoms with Gasteiger partial charge in [0.15, 0.2) is 6.29 Å². The zero-order chi connectivity index (χ0) is 14.7. The Labute approximate surface area is 119 Å². The summed E-state index contributed by atoms with van der Waals surface area (Å²) in [6.45, 7) is 0. The van der Waals surface area contributed by atoms with E-state index in [-0.39, 0.29) is 5.82 Å². The molecule has 6 heteroatoms. The number of carbonyl (C=O) groups is 1. The van der Waals surface area contributed by atoms with Crippen LogP contribution in [-0.2, 0) is 0 Å². The predicted molar refractivity (Wildman–Crippen MR) is 76.9 cm³/mol. The van der Waals surface area contributed by atoms with Gasteiger partial charge in [0.1, 0.15) is 11.5 Å². The molecule has 0 unspecified atom stereocenters.